The molecule has 1 aliphatic rings. The van der Waals surface area contributed by atoms with Gasteiger partial charge in [-0.2, -0.15) is 0 Å². The molecule has 0 bridgehead atoms. The van der Waals surface area contributed by atoms with E-state index in [0.29, 0.717) is 6.04 Å². The first-order valence-electron chi connectivity index (χ1n) is 5.82. The molecular formula is C12H20N2S. The molecule has 1 heterocycles. The van der Waals surface area contributed by atoms with E-state index in [2.05, 4.69) is 18.8 Å². The molecule has 1 aliphatic carbocycles. The van der Waals surface area contributed by atoms with Crippen molar-refractivity contribution in [1.82, 2.24) is 4.98 Å². The van der Waals surface area contributed by atoms with Gasteiger partial charge in [0, 0.05) is 17.1 Å². The molecule has 2 N–H and O–H groups in total. The van der Waals surface area contributed by atoms with Crippen LogP contribution in [0.3, 0.4) is 0 Å². The van der Waals surface area contributed by atoms with Gasteiger partial charge < -0.3 is 5.73 Å². The van der Waals surface area contributed by atoms with Crippen LogP contribution in [0.1, 0.15) is 36.1 Å². The third kappa shape index (κ3) is 2.79. The van der Waals surface area contributed by atoms with Crippen LogP contribution in [0.25, 0.3) is 0 Å². The third-order valence-corrected chi connectivity index (χ3v) is 4.47. The SMILES string of the molecule is Cc1ncc(CC2CC(N)CCC2C)s1. The quantitative estimate of drug-likeness (QED) is 0.839. The zero-order valence-electron chi connectivity index (χ0n) is 9.57. The Morgan fingerprint density at radius 2 is 2.33 bits per heavy atom. The highest BCUT2D eigenvalue weighted by atomic mass is 32.1. The molecule has 0 saturated heterocycles. The van der Waals surface area contributed by atoms with Crippen molar-refractivity contribution in [2.75, 3.05) is 0 Å². The molecule has 3 heteroatoms. The average molecular weight is 224 g/mol. The summed E-state index contributed by atoms with van der Waals surface area (Å²) in [5.41, 5.74) is 6.03. The maximum atomic E-state index is 6.03. The highest BCUT2D eigenvalue weighted by Gasteiger charge is 2.26. The van der Waals surface area contributed by atoms with Crippen LogP contribution in [0.4, 0.5) is 0 Å². The standard InChI is InChI=1S/C12H20N2S/c1-8-3-4-11(13)5-10(8)6-12-7-14-9(2)15-12/h7-8,10-11H,3-6,13H2,1-2H3. The molecule has 1 fully saturated rings. The summed E-state index contributed by atoms with van der Waals surface area (Å²) in [7, 11) is 0. The fourth-order valence-corrected chi connectivity index (χ4v) is 3.38. The predicted molar refractivity (Wildman–Crippen MR) is 65.0 cm³/mol. The summed E-state index contributed by atoms with van der Waals surface area (Å²) in [6.07, 6.45) is 6.91. The lowest BCUT2D eigenvalue weighted by Crippen LogP contribution is -2.33. The summed E-state index contributed by atoms with van der Waals surface area (Å²) in [4.78, 5) is 5.74. The van der Waals surface area contributed by atoms with Crippen molar-refractivity contribution < 1.29 is 0 Å². The molecule has 0 amide bonds. The maximum Gasteiger partial charge on any atom is 0.0896 e. The van der Waals surface area contributed by atoms with E-state index in [9.17, 15) is 0 Å². The Balaban J connectivity index is 1.98. The van der Waals surface area contributed by atoms with Gasteiger partial charge in [-0.15, -0.1) is 11.3 Å². The fourth-order valence-electron chi connectivity index (χ4n) is 2.49. The Labute approximate surface area is 95.9 Å². The highest BCUT2D eigenvalue weighted by molar-refractivity contribution is 7.11. The molecule has 3 atom stereocenters. The number of nitrogens with zero attached hydrogens (tertiary/aromatic N) is 1. The number of aromatic nitrogens is 1. The van der Waals surface area contributed by atoms with Gasteiger partial charge in [0.2, 0.25) is 0 Å². The van der Waals surface area contributed by atoms with Crippen LogP contribution in [0.2, 0.25) is 0 Å². The second kappa shape index (κ2) is 4.62. The van der Waals surface area contributed by atoms with Gasteiger partial charge in [0.15, 0.2) is 0 Å². The minimum atomic E-state index is 0.431. The van der Waals surface area contributed by atoms with Crippen LogP contribution in [0.15, 0.2) is 6.20 Å². The van der Waals surface area contributed by atoms with E-state index in [-0.39, 0.29) is 0 Å². The Bertz CT molecular complexity index is 321. The second-order valence-electron chi connectivity index (χ2n) is 4.86. The summed E-state index contributed by atoms with van der Waals surface area (Å²) in [6.45, 7) is 4.44. The van der Waals surface area contributed by atoms with E-state index in [0.717, 1.165) is 11.8 Å². The van der Waals surface area contributed by atoms with E-state index < -0.39 is 0 Å². The lowest BCUT2D eigenvalue weighted by molar-refractivity contribution is 0.232. The molecule has 0 spiro atoms. The van der Waals surface area contributed by atoms with Crippen molar-refractivity contribution in [2.45, 2.75) is 45.6 Å². The minimum Gasteiger partial charge on any atom is -0.328 e. The first kappa shape index (κ1) is 11.1. The lowest BCUT2D eigenvalue weighted by atomic mass is 9.76. The summed E-state index contributed by atoms with van der Waals surface area (Å²) in [5, 5.41) is 1.18. The molecule has 0 aliphatic heterocycles. The monoisotopic (exact) mass is 224 g/mol. The van der Waals surface area contributed by atoms with Crippen LogP contribution in [-0.2, 0) is 6.42 Å². The van der Waals surface area contributed by atoms with Crippen molar-refractivity contribution >= 4 is 11.3 Å². The van der Waals surface area contributed by atoms with Crippen LogP contribution in [0.5, 0.6) is 0 Å². The molecule has 1 saturated carbocycles. The van der Waals surface area contributed by atoms with Gasteiger partial charge in [0.25, 0.3) is 0 Å². The zero-order chi connectivity index (χ0) is 10.8. The van der Waals surface area contributed by atoms with Gasteiger partial charge >= 0.3 is 0 Å². The highest BCUT2D eigenvalue weighted by Crippen LogP contribution is 2.32. The summed E-state index contributed by atoms with van der Waals surface area (Å²) in [5.74, 6) is 1.60. The topological polar surface area (TPSA) is 38.9 Å². The first-order chi connectivity index (χ1) is 7.15. The maximum absolute atomic E-state index is 6.03. The van der Waals surface area contributed by atoms with Crippen LogP contribution < -0.4 is 5.73 Å². The number of aryl methyl sites for hydroxylation is 1. The molecule has 2 nitrogen and oxygen atoms in total. The molecule has 84 valence electrons. The van der Waals surface area contributed by atoms with E-state index in [1.807, 2.05) is 17.5 Å². The van der Waals surface area contributed by atoms with Crippen LogP contribution in [-0.4, -0.2) is 11.0 Å². The molecule has 1 aromatic heterocycles. The number of thiazole rings is 1. The number of hydrogen-bond donors (Lipinski definition) is 1. The lowest BCUT2D eigenvalue weighted by Gasteiger charge is -2.32. The number of rotatable bonds is 2. The van der Waals surface area contributed by atoms with Gasteiger partial charge in [-0.05, 0) is 44.4 Å². The Morgan fingerprint density at radius 3 is 3.00 bits per heavy atom. The van der Waals surface area contributed by atoms with Gasteiger partial charge in [0.05, 0.1) is 5.01 Å². The van der Waals surface area contributed by atoms with E-state index in [1.54, 1.807) is 0 Å². The van der Waals surface area contributed by atoms with Crippen molar-refractivity contribution in [2.24, 2.45) is 17.6 Å². The first-order valence-corrected chi connectivity index (χ1v) is 6.63. The van der Waals surface area contributed by atoms with E-state index in [4.69, 9.17) is 5.73 Å². The van der Waals surface area contributed by atoms with Crippen molar-refractivity contribution in [3.05, 3.63) is 16.1 Å². The van der Waals surface area contributed by atoms with Crippen LogP contribution in [0, 0.1) is 18.8 Å². The zero-order valence-corrected chi connectivity index (χ0v) is 10.4. The Kier molecular flexibility index (Phi) is 3.42. The molecule has 2 rings (SSSR count). The van der Waals surface area contributed by atoms with Gasteiger partial charge in [-0.25, -0.2) is 4.98 Å². The van der Waals surface area contributed by atoms with Crippen molar-refractivity contribution in [3.63, 3.8) is 0 Å². The van der Waals surface area contributed by atoms with Gasteiger partial charge in [-0.1, -0.05) is 6.92 Å². The van der Waals surface area contributed by atoms with Gasteiger partial charge in [-0.3, -0.25) is 0 Å². The second-order valence-corrected chi connectivity index (χ2v) is 6.18. The number of hydrogen-bond acceptors (Lipinski definition) is 3. The van der Waals surface area contributed by atoms with Crippen molar-refractivity contribution in [3.8, 4) is 0 Å². The number of nitrogens with two attached hydrogens (primary N) is 1. The largest absolute Gasteiger partial charge is 0.328 e. The third-order valence-electron chi connectivity index (χ3n) is 3.54. The van der Waals surface area contributed by atoms with E-state index >= 15 is 0 Å². The average Bonchev–Trinajstić information content (AvgIpc) is 2.58. The smallest absolute Gasteiger partial charge is 0.0896 e. The van der Waals surface area contributed by atoms with Gasteiger partial charge in [0.1, 0.15) is 0 Å². The molecule has 0 radical (unpaired) electrons. The van der Waals surface area contributed by atoms with Crippen molar-refractivity contribution in [1.29, 1.82) is 0 Å². The molecule has 15 heavy (non-hydrogen) atoms. The molecule has 0 aromatic carbocycles. The summed E-state index contributed by atoms with van der Waals surface area (Å²) < 4.78 is 0. The van der Waals surface area contributed by atoms with E-state index in [1.165, 1.54) is 35.6 Å². The summed E-state index contributed by atoms with van der Waals surface area (Å²) in [6, 6.07) is 0.431. The normalized spacial score (nSPS) is 31.8. The van der Waals surface area contributed by atoms with Crippen LogP contribution >= 0.6 is 11.3 Å². The fraction of sp³-hybridized carbons (Fsp3) is 0.750. The minimum absolute atomic E-state index is 0.431. The summed E-state index contributed by atoms with van der Waals surface area (Å²) >= 11 is 1.83. The Hall–Kier alpha value is -0.410. The predicted octanol–water partition coefficient (Wildman–Crippen LogP) is 2.76. The Morgan fingerprint density at radius 1 is 1.53 bits per heavy atom. The molecule has 3 unspecified atom stereocenters. The molecular weight excluding hydrogens is 204 g/mol. The molecule has 1 aromatic rings.